The molecule has 0 aromatic rings. The van der Waals surface area contributed by atoms with Gasteiger partial charge in [0.25, 0.3) is 0 Å². The Bertz CT molecular complexity index is 1590. The lowest BCUT2D eigenvalue weighted by Gasteiger charge is -2.21. The van der Waals surface area contributed by atoms with Crippen molar-refractivity contribution in [2.75, 3.05) is 37.7 Å². The molecule has 2 aliphatic heterocycles. The summed E-state index contributed by atoms with van der Waals surface area (Å²) in [5.74, 6) is -2.45. The van der Waals surface area contributed by atoms with Gasteiger partial charge in [0, 0.05) is 69.8 Å². The average molecular weight is 986 g/mol. The van der Waals surface area contributed by atoms with Crippen molar-refractivity contribution in [1.82, 2.24) is 31.1 Å². The van der Waals surface area contributed by atoms with Gasteiger partial charge >= 0.3 is 0 Å². The largest absolute Gasteiger partial charge is 0.355 e. The van der Waals surface area contributed by atoms with Crippen LogP contribution in [0, 0.1) is 0 Å². The van der Waals surface area contributed by atoms with Gasteiger partial charge in [-0.15, -0.1) is 23.5 Å². The van der Waals surface area contributed by atoms with Crippen molar-refractivity contribution >= 4 is 82.3 Å². The summed E-state index contributed by atoms with van der Waals surface area (Å²) in [5.41, 5.74) is 17.9. The number of ketones is 2. The quantitative estimate of drug-likeness (QED) is 0.0277. The van der Waals surface area contributed by atoms with Gasteiger partial charge in [-0.2, -0.15) is 0 Å². The fourth-order valence-corrected chi connectivity index (χ4v) is 9.12. The van der Waals surface area contributed by atoms with Crippen molar-refractivity contribution in [1.29, 1.82) is 0 Å². The minimum Gasteiger partial charge on any atom is -0.355 e. The van der Waals surface area contributed by atoms with Gasteiger partial charge in [-0.25, -0.2) is 0 Å². The third-order valence-corrected chi connectivity index (χ3v) is 13.1. The van der Waals surface area contributed by atoms with Crippen LogP contribution >= 0.6 is 23.5 Å². The van der Waals surface area contributed by atoms with Crippen LogP contribution in [0.5, 0.6) is 0 Å². The molecule has 0 aromatic carbocycles. The van der Waals surface area contributed by atoms with E-state index >= 15 is 0 Å². The Morgan fingerprint density at radius 3 is 1.45 bits per heavy atom. The molecule has 0 saturated carbocycles. The minimum absolute atomic E-state index is 0.00118. The van der Waals surface area contributed by atoms with Gasteiger partial charge in [0.15, 0.2) is 0 Å². The zero-order chi connectivity index (χ0) is 50.9. The third-order valence-electron chi connectivity index (χ3n) is 10.5. The first-order valence-corrected chi connectivity index (χ1v) is 26.3. The second-order valence-corrected chi connectivity index (χ2v) is 18.8. The Kier molecular flexibility index (Phi) is 34.9. The molecular formula is C46H83N9O10S2. The van der Waals surface area contributed by atoms with Gasteiger partial charge in [0.1, 0.15) is 17.6 Å². The topological polar surface area (TPSA) is 303 Å². The highest BCUT2D eigenvalue weighted by Crippen LogP contribution is 2.27. The van der Waals surface area contributed by atoms with Crippen molar-refractivity contribution in [3.05, 3.63) is 0 Å². The van der Waals surface area contributed by atoms with Crippen LogP contribution in [0.25, 0.3) is 0 Å². The Morgan fingerprint density at radius 1 is 0.567 bits per heavy atom. The lowest BCUT2D eigenvalue weighted by atomic mass is 10.1. The van der Waals surface area contributed by atoms with Gasteiger partial charge in [0.2, 0.25) is 47.3 Å². The van der Waals surface area contributed by atoms with E-state index in [-0.39, 0.29) is 85.0 Å². The lowest BCUT2D eigenvalue weighted by molar-refractivity contribution is -0.139. The number of hydrogen-bond donors (Lipinski definition) is 7. The molecule has 19 nitrogen and oxygen atoms in total. The molecule has 21 heteroatoms. The standard InChI is InChI=1S/C42H71N9O10S2.2C2H6/c1-27(52)15-7-5-13-21-50-36(55)23-33(41(50)60)62-25-30(44)38(57)46-20-12-10-17-32(40(59)47-19-11-4-9-18-35(54)48-29(3)43)49-39(58)31(45)26-63-34-24-37(56)51(42(34)61)22-14-6-8-16-28(2)53;2*1-2/h29-34H,4-26,43-45H2,1-3H3,(H,46,57)(H,47,59)(H,48,54)(H,49,58);2*1-2H3/t29?,30-,31?,32-,33?,34?;;/m0../s1. The Hall–Kier alpha value is -3.92. The van der Waals surface area contributed by atoms with E-state index < -0.39 is 52.5 Å². The van der Waals surface area contributed by atoms with Gasteiger partial charge in [0.05, 0.1) is 28.7 Å². The normalized spacial score (nSPS) is 17.3. The fraction of sp³-hybridized carbons (Fsp3) is 0.783. The van der Waals surface area contributed by atoms with E-state index in [0.717, 1.165) is 18.2 Å². The molecule has 2 fully saturated rings. The molecule has 4 unspecified atom stereocenters. The summed E-state index contributed by atoms with van der Waals surface area (Å²) in [7, 11) is 0. The molecular weight excluding hydrogens is 903 g/mol. The van der Waals surface area contributed by atoms with Crippen molar-refractivity contribution in [2.45, 2.75) is 192 Å². The van der Waals surface area contributed by atoms with Crippen molar-refractivity contribution < 1.29 is 47.9 Å². The Labute approximate surface area is 407 Å². The van der Waals surface area contributed by atoms with Crippen molar-refractivity contribution in [3.63, 3.8) is 0 Å². The summed E-state index contributed by atoms with van der Waals surface area (Å²) in [6.45, 7) is 13.8. The Morgan fingerprint density at radius 2 is 0.985 bits per heavy atom. The van der Waals surface area contributed by atoms with Crippen LogP contribution in [0.4, 0.5) is 0 Å². The molecule has 2 rings (SSSR count). The van der Waals surface area contributed by atoms with Gasteiger partial charge in [-0.1, -0.05) is 47.0 Å². The maximum absolute atomic E-state index is 13.3. The van der Waals surface area contributed by atoms with Crippen LogP contribution in [0.1, 0.15) is 158 Å². The van der Waals surface area contributed by atoms with Crippen LogP contribution in [-0.2, 0) is 47.9 Å². The second kappa shape index (κ2) is 37.0. The van der Waals surface area contributed by atoms with E-state index in [9.17, 15) is 47.9 Å². The molecule has 2 saturated heterocycles. The number of nitrogens with zero attached hydrogens (tertiary/aromatic N) is 2. The van der Waals surface area contributed by atoms with Gasteiger partial charge < -0.3 is 48.1 Å². The van der Waals surface area contributed by atoms with E-state index in [0.29, 0.717) is 96.6 Å². The minimum atomic E-state index is -1.08. The number of imide groups is 2. The first kappa shape index (κ1) is 63.1. The number of carbonyl (C=O) groups is 10. The van der Waals surface area contributed by atoms with Crippen LogP contribution in [0.3, 0.4) is 0 Å². The predicted octanol–water partition coefficient (Wildman–Crippen LogP) is 2.58. The number of Topliss-reactive ketones (excluding diaryl/α,β-unsaturated/α-hetero) is 2. The van der Waals surface area contributed by atoms with E-state index in [4.69, 9.17) is 17.2 Å². The summed E-state index contributed by atoms with van der Waals surface area (Å²) in [6.07, 6.45) is 7.83. The maximum Gasteiger partial charge on any atom is 0.242 e. The van der Waals surface area contributed by atoms with Gasteiger partial charge in [-0.05, 0) is 78.6 Å². The molecule has 384 valence electrons. The molecule has 0 bridgehead atoms. The van der Waals surface area contributed by atoms with Gasteiger partial charge in [-0.3, -0.25) is 48.2 Å². The molecule has 67 heavy (non-hydrogen) atoms. The molecule has 0 aliphatic carbocycles. The second-order valence-electron chi connectivity index (χ2n) is 16.4. The SMILES string of the molecule is CC.CC.CC(=O)CCCCCN1C(=O)CC(SCC(N)C(=O)N[C@@H](CCCCNC(=O)[C@@H](N)CSC2CC(=O)N(CCCCCC(C)=O)C2=O)C(=O)NCCCCCC(=O)NC(C)N)C1=O. The van der Waals surface area contributed by atoms with Crippen molar-refractivity contribution in [3.8, 4) is 0 Å². The Balaban J connectivity index is 0.0000106. The monoisotopic (exact) mass is 986 g/mol. The summed E-state index contributed by atoms with van der Waals surface area (Å²) >= 11 is 2.29. The highest BCUT2D eigenvalue weighted by atomic mass is 32.2. The van der Waals surface area contributed by atoms with Crippen LogP contribution in [0.15, 0.2) is 0 Å². The molecule has 10 N–H and O–H groups in total. The molecule has 0 radical (unpaired) electrons. The fourth-order valence-electron chi connectivity index (χ4n) is 6.88. The molecule has 0 aromatic heterocycles. The zero-order valence-electron chi connectivity index (χ0n) is 41.3. The molecule has 6 atom stereocenters. The molecule has 2 heterocycles. The number of nitrogens with two attached hydrogens (primary N) is 3. The zero-order valence-corrected chi connectivity index (χ0v) is 42.9. The highest BCUT2D eigenvalue weighted by Gasteiger charge is 2.40. The van der Waals surface area contributed by atoms with Crippen LogP contribution in [0.2, 0.25) is 0 Å². The van der Waals surface area contributed by atoms with Crippen molar-refractivity contribution in [2.24, 2.45) is 17.2 Å². The lowest BCUT2D eigenvalue weighted by Crippen LogP contribution is -2.52. The van der Waals surface area contributed by atoms with Crippen LogP contribution in [-0.4, -0.2) is 141 Å². The summed E-state index contributed by atoms with van der Waals surface area (Å²) in [6, 6.07) is -2.97. The first-order chi connectivity index (χ1) is 31.9. The number of thioether (sulfide) groups is 2. The van der Waals surface area contributed by atoms with E-state index in [1.165, 1.54) is 35.4 Å². The number of amides is 8. The smallest absolute Gasteiger partial charge is 0.242 e. The predicted molar refractivity (Wildman–Crippen MR) is 264 cm³/mol. The molecule has 2 aliphatic rings. The maximum atomic E-state index is 13.3. The first-order valence-electron chi connectivity index (χ1n) is 24.2. The third kappa shape index (κ3) is 27.0. The summed E-state index contributed by atoms with van der Waals surface area (Å²) in [5, 5.41) is 9.66. The number of carbonyl (C=O) groups excluding carboxylic acids is 10. The average Bonchev–Trinajstić information content (AvgIpc) is 3.72. The van der Waals surface area contributed by atoms with E-state index in [1.54, 1.807) is 6.92 Å². The number of likely N-dealkylation sites (tertiary alicyclic amines) is 2. The molecule has 8 amide bonds. The number of nitrogens with one attached hydrogen (secondary N) is 4. The van der Waals surface area contributed by atoms with E-state index in [2.05, 4.69) is 21.3 Å². The number of rotatable bonds is 34. The number of unbranched alkanes of at least 4 members (excludes halogenated alkanes) is 7. The van der Waals surface area contributed by atoms with Crippen LogP contribution < -0.4 is 38.5 Å². The summed E-state index contributed by atoms with van der Waals surface area (Å²) in [4.78, 5) is 127. The number of hydrogen-bond acceptors (Lipinski definition) is 15. The summed E-state index contributed by atoms with van der Waals surface area (Å²) < 4.78 is 0. The molecule has 0 spiro atoms. The highest BCUT2D eigenvalue weighted by molar-refractivity contribution is 8.01. The van der Waals surface area contributed by atoms with E-state index in [1.807, 2.05) is 27.7 Å².